The summed E-state index contributed by atoms with van der Waals surface area (Å²) in [5.41, 5.74) is -4.11. The molecule has 0 aliphatic rings. The second kappa shape index (κ2) is 11.0. The lowest BCUT2D eigenvalue weighted by molar-refractivity contribution is 0.669. The Balaban J connectivity index is 1.32. The van der Waals surface area contributed by atoms with Crippen LogP contribution < -0.4 is 4.90 Å². The molecule has 10 aromatic rings. The van der Waals surface area contributed by atoms with E-state index in [2.05, 4.69) is 0 Å². The zero-order valence-electron chi connectivity index (χ0n) is 45.0. The summed E-state index contributed by atoms with van der Waals surface area (Å²) in [6.07, 6.45) is 0. The quantitative estimate of drug-likeness (QED) is 0.186. The minimum Gasteiger partial charge on any atom is -0.456 e. The van der Waals surface area contributed by atoms with Crippen LogP contribution in [0.25, 0.3) is 76.9 Å². The second-order valence-electron chi connectivity index (χ2n) is 11.0. The number of anilines is 3. The van der Waals surface area contributed by atoms with Crippen molar-refractivity contribution in [2.45, 2.75) is 0 Å². The summed E-state index contributed by atoms with van der Waals surface area (Å²) >= 11 is 0. The molecular formula is C46H29NO2. The van der Waals surface area contributed by atoms with E-state index < -0.39 is 166 Å². The van der Waals surface area contributed by atoms with Gasteiger partial charge in [0.05, 0.1) is 38.5 Å². The van der Waals surface area contributed by atoms with E-state index in [9.17, 15) is 12.3 Å². The maximum absolute atomic E-state index is 9.65. The Hall–Kier alpha value is -6.58. The summed E-state index contributed by atoms with van der Waals surface area (Å²) in [6.45, 7) is 0. The number of fused-ring (bicyclic) bond motifs is 8. The van der Waals surface area contributed by atoms with Gasteiger partial charge in [-0.2, -0.15) is 0 Å². The van der Waals surface area contributed by atoms with Gasteiger partial charge < -0.3 is 13.7 Å². The van der Waals surface area contributed by atoms with Crippen molar-refractivity contribution >= 4 is 71.7 Å². The van der Waals surface area contributed by atoms with E-state index in [0.717, 1.165) is 10.3 Å². The molecule has 0 atom stereocenters. The molecule has 0 aliphatic carbocycles. The molecule has 2 aromatic heterocycles. The minimum atomic E-state index is -0.896. The highest BCUT2D eigenvalue weighted by Gasteiger charge is 2.20. The summed E-state index contributed by atoms with van der Waals surface area (Å²) in [7, 11) is 0. The average Bonchev–Trinajstić information content (AvgIpc) is 3.94. The number of hydrogen-bond donors (Lipinski definition) is 0. The third-order valence-corrected chi connectivity index (χ3v) is 8.16. The van der Waals surface area contributed by atoms with E-state index in [-0.39, 0.29) is 27.4 Å². The molecule has 3 nitrogen and oxygen atoms in total. The molecule has 0 spiro atoms. The molecule has 230 valence electrons. The first-order valence-electron chi connectivity index (χ1n) is 25.0. The van der Waals surface area contributed by atoms with Crippen molar-refractivity contribution < 1.29 is 36.2 Å². The second-order valence-corrected chi connectivity index (χ2v) is 11.0. The molecule has 10 rings (SSSR count). The van der Waals surface area contributed by atoms with E-state index in [1.54, 1.807) is 18.2 Å². The van der Waals surface area contributed by atoms with Crippen LogP contribution in [0.2, 0.25) is 0 Å². The molecule has 2 heterocycles. The Labute approximate surface area is 311 Å². The Morgan fingerprint density at radius 2 is 1.10 bits per heavy atom. The third-order valence-electron chi connectivity index (χ3n) is 8.16. The Morgan fingerprint density at radius 1 is 0.429 bits per heavy atom. The van der Waals surface area contributed by atoms with E-state index in [0.29, 0.717) is 16.4 Å². The molecule has 0 saturated heterocycles. The van der Waals surface area contributed by atoms with E-state index >= 15 is 0 Å². The van der Waals surface area contributed by atoms with Gasteiger partial charge in [0.15, 0.2) is 0 Å². The number of rotatable bonds is 5. The summed E-state index contributed by atoms with van der Waals surface area (Å²) in [6, 6.07) is -0.380. The lowest BCUT2D eigenvalue weighted by atomic mass is 10.0. The maximum atomic E-state index is 9.65. The minimum absolute atomic E-state index is 0.0253. The molecule has 0 N–H and O–H groups in total. The van der Waals surface area contributed by atoms with Crippen LogP contribution in [0.5, 0.6) is 0 Å². The van der Waals surface area contributed by atoms with Crippen molar-refractivity contribution in [3.8, 4) is 22.3 Å². The molecule has 0 unspecified atom stereocenters. The Bertz CT molecular complexity index is 3910. The molecule has 0 bridgehead atoms. The molecule has 8 aromatic carbocycles. The van der Waals surface area contributed by atoms with Gasteiger partial charge in [-0.05, 0) is 88.1 Å². The summed E-state index contributed by atoms with van der Waals surface area (Å²) in [4.78, 5) is 0.992. The zero-order valence-corrected chi connectivity index (χ0v) is 25.0. The van der Waals surface area contributed by atoms with E-state index in [4.69, 9.17) is 23.9 Å². The molecule has 49 heavy (non-hydrogen) atoms. The fourth-order valence-corrected chi connectivity index (χ4v) is 5.96. The lowest BCUT2D eigenvalue weighted by Crippen LogP contribution is -2.10. The van der Waals surface area contributed by atoms with Gasteiger partial charge in [0.25, 0.3) is 0 Å². The third kappa shape index (κ3) is 4.51. The van der Waals surface area contributed by atoms with Crippen LogP contribution >= 0.6 is 0 Å². The van der Waals surface area contributed by atoms with Gasteiger partial charge in [0.2, 0.25) is 0 Å². The number of hydrogen-bond acceptors (Lipinski definition) is 3. The Kier molecular flexibility index (Phi) is 3.20. The topological polar surface area (TPSA) is 29.5 Å². The van der Waals surface area contributed by atoms with Gasteiger partial charge in [-0.25, -0.2) is 0 Å². The largest absolute Gasteiger partial charge is 0.456 e. The lowest BCUT2D eigenvalue weighted by Gasteiger charge is -2.26. The number of benzene rings is 8. The Morgan fingerprint density at radius 3 is 1.92 bits per heavy atom. The van der Waals surface area contributed by atoms with Crippen molar-refractivity contribution in [3.63, 3.8) is 0 Å². The molecule has 0 radical (unpaired) electrons. The highest BCUT2D eigenvalue weighted by Crippen LogP contribution is 2.45. The highest BCUT2D eigenvalue weighted by molar-refractivity contribution is 6.19. The summed E-state index contributed by atoms with van der Waals surface area (Å²) < 4.78 is 191. The number of furan rings is 2. The van der Waals surface area contributed by atoms with Crippen LogP contribution in [0.15, 0.2) is 184 Å². The molecule has 0 saturated carbocycles. The van der Waals surface area contributed by atoms with Crippen molar-refractivity contribution in [1.82, 2.24) is 0 Å². The predicted octanol–water partition coefficient (Wildman–Crippen LogP) is 13.4. The fraction of sp³-hybridized carbons (Fsp3) is 0. The highest BCUT2D eigenvalue weighted by atomic mass is 16.3. The molecule has 0 fully saturated rings. The first kappa shape index (κ1) is 14.3. The molecular weight excluding hydrogens is 599 g/mol. The van der Waals surface area contributed by atoms with Crippen LogP contribution in [0.3, 0.4) is 0 Å². The van der Waals surface area contributed by atoms with Crippen molar-refractivity contribution in [1.29, 1.82) is 0 Å². The molecule has 3 heteroatoms. The average molecular weight is 648 g/mol. The zero-order chi connectivity index (χ0) is 49.7. The van der Waals surface area contributed by atoms with Crippen LogP contribution in [0.4, 0.5) is 17.1 Å². The first-order valence-corrected chi connectivity index (χ1v) is 15.0. The normalized spacial score (nSPS) is 17.4. The summed E-state index contributed by atoms with van der Waals surface area (Å²) in [5.74, 6) is 0. The smallest absolute Gasteiger partial charge is 0.143 e. The van der Waals surface area contributed by atoms with Crippen LogP contribution in [0.1, 0.15) is 27.4 Å². The standard InChI is InChI=1S/C46H29NO2/c1-2-9-30(10-3-1)31-17-23-35(24-18-31)47(41-14-8-16-44-45(41)39-27-21-33-11-4-5-12-37(33)46(39)49-44)36-25-19-32(20-26-36)34-22-28-43-40(29-34)38-13-6-7-15-42(38)48-43/h1-29H/i1D,2D,3D,6D,7D,9D,10D,13D,15D,17D,18D,19D,20D,22D,23D,24D,25D,26D,28D,29D. The summed E-state index contributed by atoms with van der Waals surface area (Å²) in [5, 5.41) is 1.58. The predicted molar refractivity (Wildman–Crippen MR) is 204 cm³/mol. The monoisotopic (exact) mass is 647 g/mol. The number of para-hydroxylation sites is 1. The van der Waals surface area contributed by atoms with Gasteiger partial charge in [-0.3, -0.25) is 0 Å². The van der Waals surface area contributed by atoms with Crippen molar-refractivity contribution in [2.24, 2.45) is 0 Å². The fourth-order valence-electron chi connectivity index (χ4n) is 5.96. The van der Waals surface area contributed by atoms with Crippen molar-refractivity contribution in [2.75, 3.05) is 4.90 Å². The van der Waals surface area contributed by atoms with Gasteiger partial charge in [0, 0.05) is 32.9 Å². The van der Waals surface area contributed by atoms with Crippen molar-refractivity contribution in [3.05, 3.63) is 175 Å². The van der Waals surface area contributed by atoms with Gasteiger partial charge in [-0.15, -0.1) is 0 Å². The van der Waals surface area contributed by atoms with E-state index in [1.807, 2.05) is 24.3 Å². The SMILES string of the molecule is [2H]c1c([2H])c([2H])c(-c2c([2H])c([2H])c(N(c3c([2H])c([2H])c(-c4c([2H])c([2H])c5oc6c([2H])c([2H])c([2H])c([2H])c6c5c4[2H])c([2H])c3[2H])c3cccc4oc5c6ccccc6ccc5c34)c([2H])c2[2H])c([2H])c1[2H]. The van der Waals surface area contributed by atoms with Gasteiger partial charge >= 0.3 is 0 Å². The van der Waals surface area contributed by atoms with Gasteiger partial charge in [-0.1, -0.05) is 115 Å². The van der Waals surface area contributed by atoms with E-state index in [1.165, 1.54) is 12.1 Å². The van der Waals surface area contributed by atoms with Crippen LogP contribution in [0, 0.1) is 0 Å². The van der Waals surface area contributed by atoms with Crippen LogP contribution in [-0.4, -0.2) is 0 Å². The maximum Gasteiger partial charge on any atom is 0.143 e. The van der Waals surface area contributed by atoms with Crippen LogP contribution in [-0.2, 0) is 0 Å². The van der Waals surface area contributed by atoms with Gasteiger partial charge in [0.1, 0.15) is 22.3 Å². The molecule has 0 aliphatic heterocycles. The molecule has 0 amide bonds. The number of nitrogens with zero attached hydrogens (tertiary/aromatic N) is 1. The first-order chi connectivity index (χ1) is 32.6.